The number of hydrogen-bond donors (Lipinski definition) is 1. The molecule has 8 heteroatoms. The monoisotopic (exact) mass is 523 g/mol. The zero-order valence-electron chi connectivity index (χ0n) is 17.6. The predicted octanol–water partition coefficient (Wildman–Crippen LogP) is 7.98. The molecule has 4 nitrogen and oxygen atoms in total. The molecule has 0 bridgehead atoms. The van der Waals surface area contributed by atoms with Crippen LogP contribution in [0.5, 0.6) is 0 Å². The van der Waals surface area contributed by atoms with Gasteiger partial charge in [0.1, 0.15) is 11.1 Å². The summed E-state index contributed by atoms with van der Waals surface area (Å²) < 4.78 is 0. The second kappa shape index (κ2) is 10.9. The van der Waals surface area contributed by atoms with Crippen LogP contribution in [0.3, 0.4) is 0 Å². The molecule has 0 fully saturated rings. The Labute approximate surface area is 216 Å². The number of para-hydroxylation sites is 1. The van der Waals surface area contributed by atoms with E-state index in [4.69, 9.17) is 39.8 Å². The molecule has 0 spiro atoms. The minimum atomic E-state index is -0.256. The van der Waals surface area contributed by atoms with Crippen LogP contribution in [0, 0.1) is 11.3 Å². The number of anilines is 1. The number of benzene rings is 3. The van der Waals surface area contributed by atoms with E-state index in [1.54, 1.807) is 48.5 Å². The molecule has 0 atom stereocenters. The number of pyridine rings is 1. The lowest BCUT2D eigenvalue weighted by Crippen LogP contribution is -2.14. The van der Waals surface area contributed by atoms with Gasteiger partial charge in [0.05, 0.1) is 27.7 Å². The van der Waals surface area contributed by atoms with Crippen LogP contribution < -0.4 is 5.32 Å². The molecule has 0 saturated heterocycles. The summed E-state index contributed by atoms with van der Waals surface area (Å²) in [5.74, 6) is -0.203. The summed E-state index contributed by atoms with van der Waals surface area (Å²) in [6.07, 6.45) is 0. The molecule has 1 aromatic heterocycles. The highest BCUT2D eigenvalue weighted by molar-refractivity contribution is 8.00. The normalized spacial score (nSPS) is 10.5. The molecule has 0 unspecified atom stereocenters. The zero-order chi connectivity index (χ0) is 24.1. The van der Waals surface area contributed by atoms with Gasteiger partial charge in [-0.15, -0.1) is 0 Å². The lowest BCUT2D eigenvalue weighted by Gasteiger charge is -2.13. The second-order valence-corrected chi connectivity index (χ2v) is 9.42. The molecule has 4 aromatic rings. The molecule has 0 radical (unpaired) electrons. The van der Waals surface area contributed by atoms with Crippen molar-refractivity contribution in [1.29, 1.82) is 5.26 Å². The van der Waals surface area contributed by atoms with E-state index in [2.05, 4.69) is 11.4 Å². The first-order chi connectivity index (χ1) is 16.4. The number of hydrogen-bond acceptors (Lipinski definition) is 4. The number of carbonyl (C=O) groups excluding carboxylic acids is 1. The molecular formula is C26H16Cl3N3OS. The summed E-state index contributed by atoms with van der Waals surface area (Å²) in [5, 5.41) is 14.9. The summed E-state index contributed by atoms with van der Waals surface area (Å²) in [6, 6.07) is 25.6. The molecule has 4 rings (SSSR count). The van der Waals surface area contributed by atoms with Crippen LogP contribution in [0.1, 0.15) is 5.56 Å². The second-order valence-electron chi connectivity index (χ2n) is 7.18. The topological polar surface area (TPSA) is 65.8 Å². The molecule has 1 heterocycles. The molecule has 34 heavy (non-hydrogen) atoms. The fourth-order valence-corrected chi connectivity index (χ4v) is 4.48. The van der Waals surface area contributed by atoms with Gasteiger partial charge in [-0.3, -0.25) is 4.79 Å². The SMILES string of the molecule is N#Cc1c(-c2ccc(Cl)cc2)cc(-c2ccc(Cl)cc2)nc1SCC(=O)Nc1ccccc1Cl. The van der Waals surface area contributed by atoms with Crippen LogP contribution in [0.15, 0.2) is 83.9 Å². The number of rotatable bonds is 6. The first-order valence-electron chi connectivity index (χ1n) is 10.1. The number of thioether (sulfide) groups is 1. The van der Waals surface area contributed by atoms with Crippen molar-refractivity contribution in [3.63, 3.8) is 0 Å². The van der Waals surface area contributed by atoms with Crippen molar-refractivity contribution >= 4 is 58.2 Å². The van der Waals surface area contributed by atoms with E-state index < -0.39 is 0 Å². The van der Waals surface area contributed by atoms with Gasteiger partial charge >= 0.3 is 0 Å². The van der Waals surface area contributed by atoms with Crippen LogP contribution in [-0.4, -0.2) is 16.6 Å². The minimum Gasteiger partial charge on any atom is -0.324 e. The third-order valence-corrected chi connectivity index (χ3v) is 6.69. The van der Waals surface area contributed by atoms with Crippen molar-refractivity contribution in [1.82, 2.24) is 4.98 Å². The summed E-state index contributed by atoms with van der Waals surface area (Å²) in [6.45, 7) is 0. The molecule has 0 aliphatic heterocycles. The minimum absolute atomic E-state index is 0.0526. The van der Waals surface area contributed by atoms with Gasteiger partial charge in [-0.25, -0.2) is 4.98 Å². The molecule has 0 aliphatic rings. The Morgan fingerprint density at radius 2 is 1.53 bits per heavy atom. The quantitative estimate of drug-likeness (QED) is 0.260. The van der Waals surface area contributed by atoms with E-state index in [1.807, 2.05) is 30.3 Å². The van der Waals surface area contributed by atoms with Gasteiger partial charge in [0.2, 0.25) is 5.91 Å². The number of carbonyl (C=O) groups is 1. The molecule has 1 amide bonds. The highest BCUT2D eigenvalue weighted by Gasteiger charge is 2.17. The Morgan fingerprint density at radius 3 is 2.15 bits per heavy atom. The Bertz CT molecular complexity index is 1380. The number of halogens is 3. The van der Waals surface area contributed by atoms with Crippen LogP contribution in [-0.2, 0) is 4.79 Å². The Balaban J connectivity index is 1.70. The van der Waals surface area contributed by atoms with Gasteiger partial charge in [-0.1, -0.05) is 83.0 Å². The van der Waals surface area contributed by atoms with Crippen LogP contribution in [0.25, 0.3) is 22.4 Å². The standard InChI is InChI=1S/C26H16Cl3N3OS/c27-18-9-5-16(6-10-18)20-13-24(17-7-11-19(28)12-8-17)32-26(21(20)14-30)34-15-25(33)31-23-4-2-1-3-22(23)29/h1-13H,15H2,(H,31,33). The van der Waals surface area contributed by atoms with Gasteiger partial charge in [-0.05, 0) is 48.0 Å². The molecule has 168 valence electrons. The predicted molar refractivity (Wildman–Crippen MR) is 141 cm³/mol. The smallest absolute Gasteiger partial charge is 0.234 e. The summed E-state index contributed by atoms with van der Waals surface area (Å²) >= 11 is 19.4. The van der Waals surface area contributed by atoms with Gasteiger partial charge in [0, 0.05) is 21.2 Å². The lowest BCUT2D eigenvalue weighted by atomic mass is 9.99. The number of nitrogens with zero attached hydrogens (tertiary/aromatic N) is 2. The number of nitrogens with one attached hydrogen (secondary N) is 1. The third-order valence-electron chi connectivity index (χ3n) is 4.88. The van der Waals surface area contributed by atoms with E-state index >= 15 is 0 Å². The highest BCUT2D eigenvalue weighted by atomic mass is 35.5. The van der Waals surface area contributed by atoms with Gasteiger partial charge in [0.15, 0.2) is 0 Å². The van der Waals surface area contributed by atoms with Crippen molar-refractivity contribution in [3.05, 3.63) is 99.5 Å². The Kier molecular flexibility index (Phi) is 7.77. The van der Waals surface area contributed by atoms with Crippen molar-refractivity contribution in [2.75, 3.05) is 11.1 Å². The van der Waals surface area contributed by atoms with E-state index in [0.717, 1.165) is 11.1 Å². The fraction of sp³-hybridized carbons (Fsp3) is 0.0385. The molecule has 0 aliphatic carbocycles. The van der Waals surface area contributed by atoms with Crippen molar-refractivity contribution in [2.24, 2.45) is 0 Å². The Morgan fingerprint density at radius 1 is 0.912 bits per heavy atom. The maximum atomic E-state index is 12.6. The maximum absolute atomic E-state index is 12.6. The van der Waals surface area contributed by atoms with Gasteiger partial charge in [0.25, 0.3) is 0 Å². The van der Waals surface area contributed by atoms with Crippen LogP contribution in [0.2, 0.25) is 15.1 Å². The van der Waals surface area contributed by atoms with Crippen LogP contribution in [0.4, 0.5) is 5.69 Å². The van der Waals surface area contributed by atoms with Gasteiger partial charge < -0.3 is 5.32 Å². The van der Waals surface area contributed by atoms with E-state index in [-0.39, 0.29) is 11.7 Å². The molecule has 1 N–H and O–H groups in total. The van der Waals surface area contributed by atoms with Crippen molar-refractivity contribution in [2.45, 2.75) is 5.03 Å². The van der Waals surface area contributed by atoms with Gasteiger partial charge in [-0.2, -0.15) is 5.26 Å². The van der Waals surface area contributed by atoms with Crippen molar-refractivity contribution in [3.8, 4) is 28.5 Å². The van der Waals surface area contributed by atoms with Crippen molar-refractivity contribution < 1.29 is 4.79 Å². The molecular weight excluding hydrogens is 509 g/mol. The fourth-order valence-electron chi connectivity index (χ4n) is 3.24. The molecule has 0 saturated carbocycles. The number of nitriles is 1. The summed E-state index contributed by atoms with van der Waals surface area (Å²) in [4.78, 5) is 17.3. The average Bonchev–Trinajstić information content (AvgIpc) is 2.84. The maximum Gasteiger partial charge on any atom is 0.234 e. The van der Waals surface area contributed by atoms with E-state index in [0.29, 0.717) is 42.6 Å². The summed E-state index contributed by atoms with van der Waals surface area (Å²) in [7, 11) is 0. The lowest BCUT2D eigenvalue weighted by molar-refractivity contribution is -0.113. The van der Waals surface area contributed by atoms with E-state index in [1.165, 1.54) is 11.8 Å². The summed E-state index contributed by atoms with van der Waals surface area (Å²) in [5.41, 5.74) is 3.94. The third kappa shape index (κ3) is 5.72. The largest absolute Gasteiger partial charge is 0.324 e. The first-order valence-corrected chi connectivity index (χ1v) is 12.2. The number of amides is 1. The highest BCUT2D eigenvalue weighted by Crippen LogP contribution is 2.35. The zero-order valence-corrected chi connectivity index (χ0v) is 20.6. The van der Waals surface area contributed by atoms with Crippen LogP contribution >= 0.6 is 46.6 Å². The first kappa shape index (κ1) is 24.1. The molecule has 3 aromatic carbocycles. The Hall–Kier alpha value is -3.01. The average molecular weight is 525 g/mol. The number of aromatic nitrogens is 1. The van der Waals surface area contributed by atoms with E-state index in [9.17, 15) is 10.1 Å².